The molecule has 0 aliphatic carbocycles. The molecule has 29 valence electrons. The zero-order valence-electron chi connectivity index (χ0n) is 3.10. The largest absolute Gasteiger partial charge is 2.00 e. The van der Waals surface area contributed by atoms with Crippen LogP contribution < -0.4 is 0 Å². The molecule has 5 heteroatoms. The van der Waals surface area contributed by atoms with Gasteiger partial charge in [0.25, 0.3) is 0 Å². The van der Waals surface area contributed by atoms with Gasteiger partial charge < -0.3 is 16.4 Å². The molecule has 0 saturated carbocycles. The van der Waals surface area contributed by atoms with Crippen LogP contribution in [0.25, 0.3) is 0 Å². The Morgan fingerprint density at radius 3 is 0.800 bits per heavy atom. The fourth-order valence-corrected chi connectivity index (χ4v) is 0. The molecule has 0 unspecified atom stereocenters. The van der Waals surface area contributed by atoms with Crippen molar-refractivity contribution in [2.45, 2.75) is 0 Å². The third-order valence-corrected chi connectivity index (χ3v) is 0. The Bertz CT molecular complexity index is 6.85. The summed E-state index contributed by atoms with van der Waals surface area (Å²) in [7, 11) is 0. The molecule has 0 aromatic carbocycles. The van der Waals surface area contributed by atoms with E-state index < -0.39 is 0 Å². The fraction of sp³-hybridized carbons (Fsp3) is 0. The summed E-state index contributed by atoms with van der Waals surface area (Å²) in [6, 6.07) is 0. The average Bonchev–Trinajstić information content (AvgIpc) is 0. The first kappa shape index (κ1) is 119. The third-order valence-electron chi connectivity index (χ3n) is 0. The molecule has 0 rings (SSSR count). The van der Waals surface area contributed by atoms with Crippen molar-refractivity contribution in [3.63, 3.8) is 0 Å². The van der Waals surface area contributed by atoms with Crippen LogP contribution in [0, 0.1) is 0 Å². The quantitative estimate of drug-likeness (QED) is 0.319. The molecule has 0 aliphatic heterocycles. The van der Waals surface area contributed by atoms with Crippen molar-refractivity contribution in [1.29, 1.82) is 0 Å². The van der Waals surface area contributed by atoms with Gasteiger partial charge in [0.15, 0.2) is 0 Å². The van der Waals surface area contributed by atoms with E-state index in [1.165, 1.54) is 0 Å². The summed E-state index contributed by atoms with van der Waals surface area (Å²) in [4.78, 5) is 0. The van der Waals surface area contributed by atoms with Crippen molar-refractivity contribution in [3.05, 3.63) is 0 Å². The molecule has 0 bridgehead atoms. The van der Waals surface area contributed by atoms with E-state index in [1.807, 2.05) is 0 Å². The maximum absolute atomic E-state index is 0. The van der Waals surface area contributed by atoms with Crippen LogP contribution in [-0.4, -0.2) is 56.8 Å². The molecule has 5 heavy (non-hydrogen) atoms. The second-order valence-corrected chi connectivity index (χ2v) is 0. The molecule has 0 aliphatic rings. The van der Waals surface area contributed by atoms with Gasteiger partial charge in [0.05, 0.1) is 0 Å². The van der Waals surface area contributed by atoms with E-state index in [0.29, 0.717) is 0 Å². The summed E-state index contributed by atoms with van der Waals surface area (Å²) in [6.45, 7) is 0. The second kappa shape index (κ2) is 65.1. The van der Waals surface area contributed by atoms with Crippen LogP contribution in [-0.2, 0) is 0 Å². The molecule has 3 nitrogen and oxygen atoms in total. The van der Waals surface area contributed by atoms with Crippen LogP contribution in [0.4, 0.5) is 0 Å². The van der Waals surface area contributed by atoms with Crippen LogP contribution >= 0.6 is 0 Å². The van der Waals surface area contributed by atoms with E-state index in [1.54, 1.807) is 0 Å². The van der Waals surface area contributed by atoms with Crippen molar-refractivity contribution in [3.8, 4) is 0 Å². The number of rotatable bonds is 0. The van der Waals surface area contributed by atoms with Gasteiger partial charge in [0.1, 0.15) is 17.4 Å². The number of hydrogen-bond donors (Lipinski definition) is 0. The zero-order chi connectivity index (χ0) is 0. The van der Waals surface area contributed by atoms with Gasteiger partial charge in [-0.05, 0) is 0 Å². The zero-order valence-corrected chi connectivity index (χ0v) is 6.52. The first-order valence-corrected chi connectivity index (χ1v) is 0. The Morgan fingerprint density at radius 2 is 0.800 bits per heavy atom. The van der Waals surface area contributed by atoms with Crippen LogP contribution in [0.1, 0.15) is 0 Å². The molecular formula is H6AlMgO3. The molecule has 4 N–H and O–H groups in total. The Balaban J connectivity index is 0. The summed E-state index contributed by atoms with van der Waals surface area (Å²) >= 11 is 0. The van der Waals surface area contributed by atoms with Gasteiger partial charge in [-0.2, -0.15) is 0 Å². The van der Waals surface area contributed by atoms with E-state index in [9.17, 15) is 0 Å². The smallest absolute Gasteiger partial charge is 0.870 e. The molecule has 1 radical (unpaired) electrons. The van der Waals surface area contributed by atoms with Crippen LogP contribution in [0.15, 0.2) is 0 Å². The minimum absolute atomic E-state index is 0. The second-order valence-electron chi connectivity index (χ2n) is 0. The Labute approximate surface area is 57.0 Å². The molecule has 0 atom stereocenters. The topological polar surface area (TPSA) is 91.5 Å². The van der Waals surface area contributed by atoms with E-state index in [-0.39, 0.29) is 56.8 Å². The van der Waals surface area contributed by atoms with Crippen molar-refractivity contribution in [2.24, 2.45) is 0 Å². The van der Waals surface area contributed by atoms with Gasteiger partial charge in [0, 0.05) is 0 Å². The van der Waals surface area contributed by atoms with Gasteiger partial charge in [-0.25, -0.2) is 0 Å². The average molecular weight is 105 g/mol. The fourth-order valence-electron chi connectivity index (χ4n) is 0. The minimum Gasteiger partial charge on any atom is -0.870 e. The van der Waals surface area contributed by atoms with Crippen molar-refractivity contribution in [1.82, 2.24) is 0 Å². The van der Waals surface area contributed by atoms with Gasteiger partial charge in [0.2, 0.25) is 0 Å². The Hall–Kier alpha value is 1.18. The molecule has 0 aromatic rings. The van der Waals surface area contributed by atoms with Gasteiger partial charge in [-0.3, -0.25) is 0 Å². The Morgan fingerprint density at radius 1 is 0.800 bits per heavy atom. The molecule has 0 fully saturated rings. The molecule has 0 amide bonds. The van der Waals surface area contributed by atoms with Gasteiger partial charge in [-0.15, -0.1) is 0 Å². The standard InChI is InChI=1S/Al.Mg.3H2O.2H/h;;3*1H2;;/q;+2;;;;;/p-2. The monoisotopic (exact) mass is 105 g/mol. The summed E-state index contributed by atoms with van der Waals surface area (Å²) in [5.41, 5.74) is 0. The molecular weight excluding hydrogens is 99.3 g/mol. The summed E-state index contributed by atoms with van der Waals surface area (Å²) < 4.78 is 0. The Kier molecular flexibility index (Phi) is 1550. The normalized spacial score (nSPS) is 0. The van der Waals surface area contributed by atoms with E-state index >= 15 is 0 Å². The van der Waals surface area contributed by atoms with Crippen molar-refractivity contribution >= 4 is 40.4 Å². The van der Waals surface area contributed by atoms with Crippen LogP contribution in [0.5, 0.6) is 0 Å². The first-order valence-electron chi connectivity index (χ1n) is 0. The van der Waals surface area contributed by atoms with E-state index in [0.717, 1.165) is 0 Å². The molecule has 0 saturated heterocycles. The molecule has 0 spiro atoms. The van der Waals surface area contributed by atoms with Crippen LogP contribution in [0.3, 0.4) is 0 Å². The third kappa shape index (κ3) is 37.7. The van der Waals surface area contributed by atoms with Crippen molar-refractivity contribution in [2.75, 3.05) is 0 Å². The van der Waals surface area contributed by atoms with E-state index in [2.05, 4.69) is 0 Å². The molecule has 0 heterocycles. The summed E-state index contributed by atoms with van der Waals surface area (Å²) in [5, 5.41) is 0. The van der Waals surface area contributed by atoms with Crippen LogP contribution in [0.2, 0.25) is 0 Å². The van der Waals surface area contributed by atoms with E-state index in [4.69, 9.17) is 0 Å². The predicted molar refractivity (Wildman–Crippen MR) is 21.8 cm³/mol. The summed E-state index contributed by atoms with van der Waals surface area (Å²) in [5.74, 6) is 0. The van der Waals surface area contributed by atoms with Crippen molar-refractivity contribution < 1.29 is 16.4 Å². The molecule has 0 aromatic heterocycles. The van der Waals surface area contributed by atoms with Gasteiger partial charge in [-0.1, -0.05) is 0 Å². The SMILES string of the molecule is O.[AlH2].[Mg+2].[OH-].[OH-]. The predicted octanol–water partition coefficient (Wildman–Crippen LogP) is -2.48. The maximum Gasteiger partial charge on any atom is 2.00 e. The maximum atomic E-state index is 0. The summed E-state index contributed by atoms with van der Waals surface area (Å²) in [6.07, 6.45) is 0. The number of hydrogen-bond acceptors (Lipinski definition) is 2. The minimum atomic E-state index is 0. The van der Waals surface area contributed by atoms with Gasteiger partial charge >= 0.3 is 23.1 Å². The first-order chi connectivity index (χ1) is 0.